The van der Waals surface area contributed by atoms with E-state index >= 15 is 0 Å². The van der Waals surface area contributed by atoms with E-state index in [-0.39, 0.29) is 11.9 Å². The zero-order chi connectivity index (χ0) is 14.7. The number of halogens is 2. The molecule has 0 aliphatic heterocycles. The lowest BCUT2D eigenvalue weighted by molar-refractivity contribution is 0.548. The number of aryl methyl sites for hydroxylation is 1. The summed E-state index contributed by atoms with van der Waals surface area (Å²) in [6.45, 7) is 1.93. The molecular formula is C14H16ClFN4. The third-order valence-corrected chi connectivity index (χ3v) is 3.58. The van der Waals surface area contributed by atoms with Gasteiger partial charge in [-0.05, 0) is 42.7 Å². The number of nitrogens with one attached hydrogen (secondary N) is 1. The van der Waals surface area contributed by atoms with Crippen LogP contribution in [0.25, 0.3) is 0 Å². The van der Waals surface area contributed by atoms with Crippen LogP contribution in [0.1, 0.15) is 22.7 Å². The van der Waals surface area contributed by atoms with Gasteiger partial charge in [-0.15, -0.1) is 0 Å². The molecule has 0 amide bonds. The first-order valence-electron chi connectivity index (χ1n) is 6.14. The molecule has 2 aromatic rings. The van der Waals surface area contributed by atoms with Gasteiger partial charge in [-0.25, -0.2) is 9.37 Å². The smallest absolute Gasteiger partial charge is 0.128 e. The zero-order valence-electron chi connectivity index (χ0n) is 11.0. The Kier molecular flexibility index (Phi) is 4.54. The highest BCUT2D eigenvalue weighted by molar-refractivity contribution is 6.31. The minimum Gasteiger partial charge on any atom is -0.383 e. The van der Waals surface area contributed by atoms with Crippen LogP contribution in [0, 0.1) is 12.7 Å². The molecule has 1 atom stereocenters. The average molecular weight is 295 g/mol. The Labute approximate surface area is 121 Å². The van der Waals surface area contributed by atoms with E-state index in [1.807, 2.05) is 13.0 Å². The van der Waals surface area contributed by atoms with Crippen LogP contribution in [-0.2, 0) is 6.42 Å². The van der Waals surface area contributed by atoms with Gasteiger partial charge >= 0.3 is 0 Å². The average Bonchev–Trinajstić information content (AvgIpc) is 2.39. The number of rotatable bonds is 4. The second-order valence-electron chi connectivity index (χ2n) is 4.59. The predicted molar refractivity (Wildman–Crippen MR) is 78.6 cm³/mol. The summed E-state index contributed by atoms with van der Waals surface area (Å²) in [6.07, 6.45) is 2.14. The molecule has 0 fully saturated rings. The van der Waals surface area contributed by atoms with Crippen molar-refractivity contribution in [3.63, 3.8) is 0 Å². The van der Waals surface area contributed by atoms with Gasteiger partial charge in [-0.3, -0.25) is 11.3 Å². The highest BCUT2D eigenvalue weighted by atomic mass is 35.5. The molecular weight excluding hydrogens is 279 g/mol. The molecule has 5 N–H and O–H groups in total. The molecule has 4 nitrogen and oxygen atoms in total. The number of anilines is 1. The van der Waals surface area contributed by atoms with Crippen molar-refractivity contribution >= 4 is 17.4 Å². The summed E-state index contributed by atoms with van der Waals surface area (Å²) in [5, 5.41) is 0.366. The molecule has 0 aliphatic rings. The van der Waals surface area contributed by atoms with Gasteiger partial charge in [0.05, 0.1) is 6.04 Å². The molecule has 0 aliphatic carbocycles. The van der Waals surface area contributed by atoms with Crippen molar-refractivity contribution in [1.82, 2.24) is 10.4 Å². The second kappa shape index (κ2) is 6.17. The zero-order valence-corrected chi connectivity index (χ0v) is 11.8. The Morgan fingerprint density at radius 2 is 2.15 bits per heavy atom. The quantitative estimate of drug-likeness (QED) is 0.598. The molecule has 0 radical (unpaired) electrons. The Hall–Kier alpha value is -1.69. The van der Waals surface area contributed by atoms with E-state index in [4.69, 9.17) is 23.2 Å². The van der Waals surface area contributed by atoms with Crippen molar-refractivity contribution < 1.29 is 4.39 Å². The van der Waals surface area contributed by atoms with Crippen molar-refractivity contribution in [3.8, 4) is 0 Å². The first-order chi connectivity index (χ1) is 9.52. The van der Waals surface area contributed by atoms with Gasteiger partial charge in [0.15, 0.2) is 0 Å². The summed E-state index contributed by atoms with van der Waals surface area (Å²) in [5.41, 5.74) is 11.2. The number of nitrogens with two attached hydrogens (primary N) is 2. The molecule has 1 heterocycles. The van der Waals surface area contributed by atoms with Crippen LogP contribution in [-0.4, -0.2) is 4.98 Å². The Balaban J connectivity index is 2.34. The summed E-state index contributed by atoms with van der Waals surface area (Å²) in [7, 11) is 0. The standard InChI is InChI=1S/C14H16ClFN4/c1-8-4-5-19-14(17)13(8)12(20-18)6-9-2-3-10(16)7-11(9)15/h2-5,7,12,20H,6,18H2,1H3,(H2,17,19). The van der Waals surface area contributed by atoms with E-state index in [9.17, 15) is 4.39 Å². The molecule has 0 bridgehead atoms. The molecule has 6 heteroatoms. The largest absolute Gasteiger partial charge is 0.383 e. The number of nitrogens with zero attached hydrogens (tertiary/aromatic N) is 1. The highest BCUT2D eigenvalue weighted by Gasteiger charge is 2.18. The maximum absolute atomic E-state index is 13.1. The van der Waals surface area contributed by atoms with Crippen molar-refractivity contribution in [3.05, 3.63) is 58.0 Å². The number of hydrogen-bond acceptors (Lipinski definition) is 4. The van der Waals surface area contributed by atoms with E-state index in [0.29, 0.717) is 17.3 Å². The molecule has 2 rings (SSSR count). The summed E-state index contributed by atoms with van der Waals surface area (Å²) in [4.78, 5) is 4.08. The van der Waals surface area contributed by atoms with Crippen LogP contribution in [0.5, 0.6) is 0 Å². The summed E-state index contributed by atoms with van der Waals surface area (Å²) in [6, 6.07) is 5.91. The van der Waals surface area contributed by atoms with Crippen molar-refractivity contribution in [1.29, 1.82) is 0 Å². The number of benzene rings is 1. The molecule has 106 valence electrons. The molecule has 0 spiro atoms. The van der Waals surface area contributed by atoms with Gasteiger partial charge in [0.1, 0.15) is 11.6 Å². The second-order valence-corrected chi connectivity index (χ2v) is 4.99. The first kappa shape index (κ1) is 14.7. The van der Waals surface area contributed by atoms with E-state index in [2.05, 4.69) is 10.4 Å². The number of pyridine rings is 1. The molecule has 0 saturated heterocycles. The summed E-state index contributed by atoms with van der Waals surface area (Å²) < 4.78 is 13.1. The van der Waals surface area contributed by atoms with E-state index in [1.54, 1.807) is 12.3 Å². The number of hydrazine groups is 1. The minimum atomic E-state index is -0.368. The Morgan fingerprint density at radius 1 is 1.40 bits per heavy atom. The number of nitrogen functional groups attached to an aromatic ring is 1. The predicted octanol–water partition coefficient (Wildman–Crippen LogP) is 2.51. The van der Waals surface area contributed by atoms with Crippen LogP contribution in [0.3, 0.4) is 0 Å². The highest BCUT2D eigenvalue weighted by Crippen LogP contribution is 2.28. The van der Waals surface area contributed by atoms with Gasteiger partial charge in [0.2, 0.25) is 0 Å². The van der Waals surface area contributed by atoms with Gasteiger partial charge in [-0.1, -0.05) is 17.7 Å². The first-order valence-corrected chi connectivity index (χ1v) is 6.51. The van der Waals surface area contributed by atoms with Crippen LogP contribution >= 0.6 is 11.6 Å². The monoisotopic (exact) mass is 294 g/mol. The molecule has 1 unspecified atom stereocenters. The maximum Gasteiger partial charge on any atom is 0.128 e. The molecule has 1 aromatic carbocycles. The van der Waals surface area contributed by atoms with Crippen molar-refractivity contribution in [2.75, 3.05) is 5.73 Å². The van der Waals surface area contributed by atoms with Crippen molar-refractivity contribution in [2.45, 2.75) is 19.4 Å². The Morgan fingerprint density at radius 3 is 2.75 bits per heavy atom. The van der Waals surface area contributed by atoms with Crippen molar-refractivity contribution in [2.24, 2.45) is 5.84 Å². The number of aromatic nitrogens is 1. The van der Waals surface area contributed by atoms with Crippen LogP contribution < -0.4 is 17.0 Å². The van der Waals surface area contributed by atoms with Gasteiger partial charge in [0.25, 0.3) is 0 Å². The molecule has 1 aromatic heterocycles. The fraction of sp³-hybridized carbons (Fsp3) is 0.214. The SMILES string of the molecule is Cc1ccnc(N)c1C(Cc1ccc(F)cc1Cl)NN. The van der Waals surface area contributed by atoms with Crippen LogP contribution in [0.15, 0.2) is 30.5 Å². The van der Waals surface area contributed by atoms with Gasteiger partial charge in [0, 0.05) is 16.8 Å². The van der Waals surface area contributed by atoms with Gasteiger partial charge in [-0.2, -0.15) is 0 Å². The molecule has 0 saturated carbocycles. The van der Waals surface area contributed by atoms with E-state index < -0.39 is 0 Å². The fourth-order valence-electron chi connectivity index (χ4n) is 2.20. The Bertz CT molecular complexity index is 598. The van der Waals surface area contributed by atoms with Crippen LogP contribution in [0.2, 0.25) is 5.02 Å². The molecule has 20 heavy (non-hydrogen) atoms. The number of hydrogen-bond donors (Lipinski definition) is 3. The van der Waals surface area contributed by atoms with Crippen LogP contribution in [0.4, 0.5) is 10.2 Å². The fourth-order valence-corrected chi connectivity index (χ4v) is 2.44. The van der Waals surface area contributed by atoms with Gasteiger partial charge < -0.3 is 5.73 Å². The topological polar surface area (TPSA) is 77.0 Å². The normalized spacial score (nSPS) is 12.4. The lowest BCUT2D eigenvalue weighted by Gasteiger charge is -2.20. The lowest BCUT2D eigenvalue weighted by Crippen LogP contribution is -2.31. The minimum absolute atomic E-state index is 0.244. The summed E-state index contributed by atoms with van der Waals surface area (Å²) in [5.74, 6) is 5.67. The lowest BCUT2D eigenvalue weighted by atomic mass is 9.96. The third-order valence-electron chi connectivity index (χ3n) is 3.23. The maximum atomic E-state index is 13.1. The summed E-state index contributed by atoms with van der Waals surface area (Å²) >= 11 is 6.04. The third kappa shape index (κ3) is 3.07. The van der Waals surface area contributed by atoms with E-state index in [0.717, 1.165) is 16.7 Å². The van der Waals surface area contributed by atoms with E-state index in [1.165, 1.54) is 12.1 Å².